The number of hydrogen-bond donors (Lipinski definition) is 0. The lowest BCUT2D eigenvalue weighted by Gasteiger charge is -2.55. The van der Waals surface area contributed by atoms with E-state index in [-0.39, 0.29) is 11.4 Å². The van der Waals surface area contributed by atoms with Crippen LogP contribution in [0.25, 0.3) is 0 Å². The molecule has 5 rings (SSSR count). The van der Waals surface area contributed by atoms with Gasteiger partial charge in [0.05, 0.1) is 25.2 Å². The number of hydrogen-bond acceptors (Lipinski definition) is 5. The summed E-state index contributed by atoms with van der Waals surface area (Å²) in [6.07, 6.45) is 6.71. The van der Waals surface area contributed by atoms with Crippen molar-refractivity contribution in [3.8, 4) is 11.5 Å². The maximum absolute atomic E-state index is 13.2. The second-order valence-corrected chi connectivity index (χ2v) is 8.40. The van der Waals surface area contributed by atoms with Gasteiger partial charge in [0.15, 0.2) is 11.5 Å². The molecular weight excluding hydrogens is 332 g/mol. The van der Waals surface area contributed by atoms with E-state index in [0.717, 1.165) is 19.3 Å². The Labute approximate surface area is 154 Å². The molecule has 4 fully saturated rings. The highest BCUT2D eigenvalue weighted by molar-refractivity contribution is 5.91. The van der Waals surface area contributed by atoms with Gasteiger partial charge in [0.1, 0.15) is 0 Å². The standard InChI is InChI=1S/C21H26O5/c1-12-4-16(19(22)25-3)8-17(24-2)18(12)26-20(23)21-9-13-5-14(10-21)7-15(6-13)11-21/h4,8,13-15H,5-7,9-11H2,1-3H3. The predicted molar refractivity (Wildman–Crippen MR) is 95.3 cm³/mol. The minimum atomic E-state index is -0.439. The molecule has 0 heterocycles. The molecule has 0 radical (unpaired) electrons. The molecule has 0 unspecified atom stereocenters. The molecule has 26 heavy (non-hydrogen) atoms. The monoisotopic (exact) mass is 358 g/mol. The number of esters is 2. The van der Waals surface area contributed by atoms with Gasteiger partial charge >= 0.3 is 11.9 Å². The molecule has 0 spiro atoms. The molecule has 0 saturated heterocycles. The van der Waals surface area contributed by atoms with Gasteiger partial charge in [-0.1, -0.05) is 0 Å². The fourth-order valence-corrected chi connectivity index (χ4v) is 5.82. The first kappa shape index (κ1) is 17.4. The molecular formula is C21H26O5. The first-order chi connectivity index (χ1) is 12.4. The van der Waals surface area contributed by atoms with E-state index in [1.165, 1.54) is 33.5 Å². The maximum atomic E-state index is 13.2. The molecule has 4 aliphatic carbocycles. The number of carbonyl (C=O) groups is 2. The fraction of sp³-hybridized carbons (Fsp3) is 0.619. The molecule has 0 atom stereocenters. The Bertz CT molecular complexity index is 716. The van der Waals surface area contributed by atoms with Crippen LogP contribution in [-0.4, -0.2) is 26.2 Å². The molecule has 140 valence electrons. The summed E-state index contributed by atoms with van der Waals surface area (Å²) in [6.45, 7) is 1.82. The van der Waals surface area contributed by atoms with Crippen molar-refractivity contribution >= 4 is 11.9 Å². The molecule has 1 aromatic carbocycles. The van der Waals surface area contributed by atoms with E-state index < -0.39 is 5.97 Å². The first-order valence-electron chi connectivity index (χ1n) is 9.43. The minimum absolute atomic E-state index is 0.121. The zero-order valence-corrected chi connectivity index (χ0v) is 15.7. The zero-order valence-electron chi connectivity index (χ0n) is 15.7. The number of carbonyl (C=O) groups excluding carboxylic acids is 2. The van der Waals surface area contributed by atoms with Gasteiger partial charge < -0.3 is 14.2 Å². The van der Waals surface area contributed by atoms with E-state index in [9.17, 15) is 9.59 Å². The average molecular weight is 358 g/mol. The van der Waals surface area contributed by atoms with E-state index in [2.05, 4.69) is 0 Å². The van der Waals surface area contributed by atoms with E-state index in [1.54, 1.807) is 12.1 Å². The fourth-order valence-electron chi connectivity index (χ4n) is 5.82. The number of methoxy groups -OCH3 is 2. The van der Waals surface area contributed by atoms with Crippen molar-refractivity contribution in [2.45, 2.75) is 45.4 Å². The normalized spacial score (nSPS) is 31.6. The van der Waals surface area contributed by atoms with E-state index in [0.29, 0.717) is 40.4 Å². The molecule has 0 aromatic heterocycles. The third-order valence-corrected chi connectivity index (χ3v) is 6.55. The quantitative estimate of drug-likeness (QED) is 0.603. The molecule has 0 aliphatic heterocycles. The van der Waals surface area contributed by atoms with Crippen molar-refractivity contribution in [3.63, 3.8) is 0 Å². The molecule has 1 aromatic rings. The number of ether oxygens (including phenoxy) is 3. The van der Waals surface area contributed by atoms with Crippen LogP contribution in [0.3, 0.4) is 0 Å². The summed E-state index contributed by atoms with van der Waals surface area (Å²) in [7, 11) is 2.85. The van der Waals surface area contributed by atoms with Gasteiger partial charge in [-0.2, -0.15) is 0 Å². The summed E-state index contributed by atoms with van der Waals surface area (Å²) in [5.41, 5.74) is 0.756. The van der Waals surface area contributed by atoms with Gasteiger partial charge in [0, 0.05) is 0 Å². The second-order valence-electron chi connectivity index (χ2n) is 8.40. The van der Waals surface area contributed by atoms with Crippen LogP contribution in [0.5, 0.6) is 11.5 Å². The summed E-state index contributed by atoms with van der Waals surface area (Å²) in [6, 6.07) is 3.25. The van der Waals surface area contributed by atoms with Crippen LogP contribution >= 0.6 is 0 Å². The van der Waals surface area contributed by atoms with Gasteiger partial charge in [-0.3, -0.25) is 4.79 Å². The van der Waals surface area contributed by atoms with Crippen LogP contribution < -0.4 is 9.47 Å². The minimum Gasteiger partial charge on any atom is -0.493 e. The molecule has 5 heteroatoms. The van der Waals surface area contributed by atoms with Crippen LogP contribution in [0.2, 0.25) is 0 Å². The molecule has 4 aliphatic rings. The van der Waals surface area contributed by atoms with Gasteiger partial charge in [0.2, 0.25) is 0 Å². The third-order valence-electron chi connectivity index (χ3n) is 6.55. The Morgan fingerprint density at radius 3 is 2.08 bits per heavy atom. The Kier molecular flexibility index (Phi) is 4.20. The number of aryl methyl sites for hydroxylation is 1. The van der Waals surface area contributed by atoms with E-state index in [1.807, 2.05) is 6.92 Å². The summed E-state index contributed by atoms with van der Waals surface area (Å²) in [5.74, 6) is 2.29. The second kappa shape index (κ2) is 6.29. The summed E-state index contributed by atoms with van der Waals surface area (Å²) >= 11 is 0. The van der Waals surface area contributed by atoms with Crippen LogP contribution in [0.4, 0.5) is 0 Å². The smallest absolute Gasteiger partial charge is 0.337 e. The largest absolute Gasteiger partial charge is 0.493 e. The summed E-state index contributed by atoms with van der Waals surface area (Å²) in [5, 5.41) is 0. The van der Waals surface area contributed by atoms with Crippen molar-refractivity contribution in [1.82, 2.24) is 0 Å². The average Bonchev–Trinajstić information content (AvgIpc) is 2.61. The molecule has 4 bridgehead atoms. The van der Waals surface area contributed by atoms with Crippen LogP contribution in [0, 0.1) is 30.1 Å². The SMILES string of the molecule is COC(=O)c1cc(C)c(OC(=O)C23CC4CC(CC(C4)C2)C3)c(OC)c1. The lowest BCUT2D eigenvalue weighted by molar-refractivity contribution is -0.161. The van der Waals surface area contributed by atoms with Crippen molar-refractivity contribution in [3.05, 3.63) is 23.3 Å². The Hall–Kier alpha value is -2.04. The highest BCUT2D eigenvalue weighted by Gasteiger charge is 2.55. The highest BCUT2D eigenvalue weighted by atomic mass is 16.6. The predicted octanol–water partition coefficient (Wildman–Crippen LogP) is 3.91. The third kappa shape index (κ3) is 2.78. The molecule has 5 nitrogen and oxygen atoms in total. The van der Waals surface area contributed by atoms with Gasteiger partial charge in [0.25, 0.3) is 0 Å². The highest BCUT2D eigenvalue weighted by Crippen LogP contribution is 2.60. The topological polar surface area (TPSA) is 61.8 Å². The molecule has 4 saturated carbocycles. The van der Waals surface area contributed by atoms with Crippen molar-refractivity contribution < 1.29 is 23.8 Å². The van der Waals surface area contributed by atoms with Crippen molar-refractivity contribution in [2.75, 3.05) is 14.2 Å². The van der Waals surface area contributed by atoms with Crippen LogP contribution in [-0.2, 0) is 9.53 Å². The lowest BCUT2D eigenvalue weighted by Crippen LogP contribution is -2.51. The Balaban J connectivity index is 1.61. The maximum Gasteiger partial charge on any atom is 0.337 e. The zero-order chi connectivity index (χ0) is 18.5. The molecule has 0 N–H and O–H groups in total. The summed E-state index contributed by atoms with van der Waals surface area (Å²) in [4.78, 5) is 25.0. The van der Waals surface area contributed by atoms with Gasteiger partial charge in [-0.15, -0.1) is 0 Å². The Morgan fingerprint density at radius 2 is 1.58 bits per heavy atom. The van der Waals surface area contributed by atoms with Gasteiger partial charge in [-0.25, -0.2) is 4.79 Å². The first-order valence-corrected chi connectivity index (χ1v) is 9.43. The van der Waals surface area contributed by atoms with E-state index >= 15 is 0 Å². The van der Waals surface area contributed by atoms with Crippen molar-refractivity contribution in [1.29, 1.82) is 0 Å². The van der Waals surface area contributed by atoms with Crippen molar-refractivity contribution in [2.24, 2.45) is 23.2 Å². The van der Waals surface area contributed by atoms with Gasteiger partial charge in [-0.05, 0) is 80.9 Å². The number of benzene rings is 1. The summed E-state index contributed by atoms with van der Waals surface area (Å²) < 4.78 is 16.1. The number of rotatable bonds is 4. The Morgan fingerprint density at radius 1 is 1.00 bits per heavy atom. The van der Waals surface area contributed by atoms with Crippen LogP contribution in [0.15, 0.2) is 12.1 Å². The van der Waals surface area contributed by atoms with E-state index in [4.69, 9.17) is 14.2 Å². The molecule has 0 amide bonds. The van der Waals surface area contributed by atoms with Crippen LogP contribution in [0.1, 0.15) is 54.4 Å². The lowest BCUT2D eigenvalue weighted by atomic mass is 9.49.